The van der Waals surface area contributed by atoms with Crippen molar-refractivity contribution in [1.29, 1.82) is 0 Å². The lowest BCUT2D eigenvalue weighted by atomic mass is 10.1. The SMILES string of the molecule is CN(C)c1cc(C(=O)N2CC[C@H]3[C@H](C2)C3(F)F)c2ccccc2n1. The fraction of sp³-hybridized carbons (Fsp3) is 0.444. The van der Waals surface area contributed by atoms with Crippen molar-refractivity contribution in [3.05, 3.63) is 35.9 Å². The number of hydrogen-bond acceptors (Lipinski definition) is 3. The van der Waals surface area contributed by atoms with Crippen molar-refractivity contribution in [2.24, 2.45) is 11.8 Å². The number of alkyl halides is 2. The number of nitrogens with zero attached hydrogens (tertiary/aromatic N) is 3. The van der Waals surface area contributed by atoms with Crippen molar-refractivity contribution in [2.75, 3.05) is 32.1 Å². The molecule has 1 aromatic carbocycles. The Balaban J connectivity index is 1.71. The number of piperidine rings is 1. The van der Waals surface area contributed by atoms with Crippen LogP contribution in [-0.4, -0.2) is 48.9 Å². The van der Waals surface area contributed by atoms with E-state index in [1.54, 1.807) is 11.0 Å². The first-order chi connectivity index (χ1) is 11.4. The van der Waals surface area contributed by atoms with Gasteiger partial charge in [-0.05, 0) is 18.6 Å². The van der Waals surface area contributed by atoms with Crippen LogP contribution in [0.3, 0.4) is 0 Å². The van der Waals surface area contributed by atoms with Crippen LogP contribution in [0.15, 0.2) is 30.3 Å². The van der Waals surface area contributed by atoms with E-state index in [1.165, 1.54) is 0 Å². The lowest BCUT2D eigenvalue weighted by molar-refractivity contribution is 0.0692. The highest BCUT2D eigenvalue weighted by atomic mass is 19.3. The van der Waals surface area contributed by atoms with E-state index in [1.807, 2.05) is 43.3 Å². The highest BCUT2D eigenvalue weighted by molar-refractivity contribution is 6.07. The Morgan fingerprint density at radius 3 is 2.75 bits per heavy atom. The van der Waals surface area contributed by atoms with Gasteiger partial charge in [0.1, 0.15) is 5.82 Å². The van der Waals surface area contributed by atoms with E-state index < -0.39 is 17.8 Å². The van der Waals surface area contributed by atoms with Crippen LogP contribution in [0.4, 0.5) is 14.6 Å². The van der Waals surface area contributed by atoms with E-state index in [9.17, 15) is 13.6 Å². The number of benzene rings is 1. The maximum atomic E-state index is 13.6. The van der Waals surface area contributed by atoms with Gasteiger partial charge in [0.15, 0.2) is 0 Å². The Morgan fingerprint density at radius 1 is 1.29 bits per heavy atom. The Kier molecular flexibility index (Phi) is 3.27. The van der Waals surface area contributed by atoms with Crippen molar-refractivity contribution in [2.45, 2.75) is 12.3 Å². The van der Waals surface area contributed by atoms with E-state index in [0.29, 0.717) is 24.3 Å². The Bertz CT molecular complexity index is 821. The van der Waals surface area contributed by atoms with Gasteiger partial charge in [0.25, 0.3) is 11.8 Å². The first-order valence-corrected chi connectivity index (χ1v) is 8.14. The molecule has 1 aliphatic carbocycles. The van der Waals surface area contributed by atoms with E-state index in [0.717, 1.165) is 10.9 Å². The number of rotatable bonds is 2. The van der Waals surface area contributed by atoms with Gasteiger partial charge in [0.2, 0.25) is 0 Å². The van der Waals surface area contributed by atoms with Gasteiger partial charge in [-0.2, -0.15) is 0 Å². The third kappa shape index (κ3) is 2.24. The van der Waals surface area contributed by atoms with Crippen molar-refractivity contribution >= 4 is 22.6 Å². The molecule has 0 spiro atoms. The van der Waals surface area contributed by atoms with E-state index in [4.69, 9.17) is 0 Å². The molecule has 4 nitrogen and oxygen atoms in total. The number of pyridine rings is 1. The maximum absolute atomic E-state index is 13.6. The van der Waals surface area contributed by atoms with E-state index in [2.05, 4.69) is 4.98 Å². The smallest absolute Gasteiger partial charge is 0.256 e. The second kappa shape index (κ2) is 5.13. The molecule has 2 fully saturated rings. The van der Waals surface area contributed by atoms with Crippen LogP contribution < -0.4 is 4.90 Å². The Hall–Kier alpha value is -2.24. The second-order valence-electron chi connectivity index (χ2n) is 6.87. The number of carbonyl (C=O) groups excluding carboxylic acids is 1. The number of hydrogen-bond donors (Lipinski definition) is 0. The predicted octanol–water partition coefficient (Wildman–Crippen LogP) is 3.03. The molecular formula is C18H19F2N3O. The van der Waals surface area contributed by atoms with Crippen LogP contribution in [0, 0.1) is 11.8 Å². The summed E-state index contributed by atoms with van der Waals surface area (Å²) in [6.45, 7) is 0.536. The minimum absolute atomic E-state index is 0.143. The standard InChI is InChI=1S/C18H19F2N3O/c1-22(2)16-9-12(11-5-3-4-6-15(11)21-16)17(24)23-8-7-13-14(10-23)18(13,19)20/h3-6,9,13-14H,7-8,10H2,1-2H3/t13-,14-/m0/s1. The topological polar surface area (TPSA) is 36.4 Å². The molecule has 0 bridgehead atoms. The summed E-state index contributed by atoms with van der Waals surface area (Å²) in [5, 5.41) is 0.762. The van der Waals surface area contributed by atoms with Gasteiger partial charge in [-0.25, -0.2) is 13.8 Å². The third-order valence-electron chi connectivity index (χ3n) is 5.17. The van der Waals surface area contributed by atoms with Crippen LogP contribution in [0.1, 0.15) is 16.8 Å². The number of likely N-dealkylation sites (tertiary alicyclic amines) is 1. The van der Waals surface area contributed by atoms with Gasteiger partial charge >= 0.3 is 0 Å². The van der Waals surface area contributed by atoms with Crippen LogP contribution >= 0.6 is 0 Å². The lowest BCUT2D eigenvalue weighted by Gasteiger charge is -2.26. The monoisotopic (exact) mass is 331 g/mol. The van der Waals surface area contributed by atoms with E-state index in [-0.39, 0.29) is 12.5 Å². The largest absolute Gasteiger partial charge is 0.363 e. The molecule has 0 unspecified atom stereocenters. The number of para-hydroxylation sites is 1. The Morgan fingerprint density at radius 2 is 2.04 bits per heavy atom. The molecule has 4 rings (SSSR count). The molecular weight excluding hydrogens is 312 g/mol. The molecule has 2 aliphatic rings. The summed E-state index contributed by atoms with van der Waals surface area (Å²) >= 11 is 0. The number of halogens is 2. The first-order valence-electron chi connectivity index (χ1n) is 8.14. The van der Waals surface area contributed by atoms with Gasteiger partial charge < -0.3 is 9.80 Å². The lowest BCUT2D eigenvalue weighted by Crippen LogP contribution is -2.37. The summed E-state index contributed by atoms with van der Waals surface area (Å²) < 4.78 is 27.2. The molecule has 1 aromatic heterocycles. The molecule has 126 valence electrons. The average Bonchev–Trinajstić information content (AvgIpc) is 3.14. The predicted molar refractivity (Wildman–Crippen MR) is 88.5 cm³/mol. The minimum Gasteiger partial charge on any atom is -0.363 e. The zero-order valence-electron chi connectivity index (χ0n) is 13.7. The minimum atomic E-state index is -2.59. The molecule has 2 heterocycles. The molecule has 6 heteroatoms. The number of amides is 1. The quantitative estimate of drug-likeness (QED) is 0.849. The summed E-state index contributed by atoms with van der Waals surface area (Å²) in [5.74, 6) is -3.30. The molecule has 0 radical (unpaired) electrons. The number of carbonyl (C=O) groups is 1. The molecule has 24 heavy (non-hydrogen) atoms. The second-order valence-corrected chi connectivity index (χ2v) is 6.87. The molecule has 1 aliphatic heterocycles. The molecule has 2 atom stereocenters. The van der Waals surface area contributed by atoms with Crippen LogP contribution in [0.2, 0.25) is 0 Å². The summed E-state index contributed by atoms with van der Waals surface area (Å²) in [6, 6.07) is 9.20. The van der Waals surface area contributed by atoms with Crippen molar-refractivity contribution in [3.8, 4) is 0 Å². The summed E-state index contributed by atoms with van der Waals surface area (Å²) in [7, 11) is 3.73. The fourth-order valence-electron chi connectivity index (χ4n) is 3.65. The van der Waals surface area contributed by atoms with E-state index >= 15 is 0 Å². The summed E-state index contributed by atoms with van der Waals surface area (Å²) in [5.41, 5.74) is 1.27. The highest BCUT2D eigenvalue weighted by Gasteiger charge is 2.69. The molecule has 2 aromatic rings. The average molecular weight is 331 g/mol. The van der Waals surface area contributed by atoms with Gasteiger partial charge in [0.05, 0.1) is 11.1 Å². The summed E-state index contributed by atoms with van der Waals surface area (Å²) in [4.78, 5) is 21.0. The van der Waals surface area contributed by atoms with Gasteiger partial charge in [-0.15, -0.1) is 0 Å². The van der Waals surface area contributed by atoms with Crippen LogP contribution in [0.5, 0.6) is 0 Å². The van der Waals surface area contributed by atoms with Crippen LogP contribution in [-0.2, 0) is 0 Å². The van der Waals surface area contributed by atoms with Crippen molar-refractivity contribution < 1.29 is 13.6 Å². The maximum Gasteiger partial charge on any atom is 0.256 e. The normalized spacial score (nSPS) is 24.6. The molecule has 0 N–H and O–H groups in total. The highest BCUT2D eigenvalue weighted by Crippen LogP contribution is 2.59. The summed E-state index contributed by atoms with van der Waals surface area (Å²) in [6.07, 6.45) is 0.382. The van der Waals surface area contributed by atoms with Gasteiger partial charge in [-0.3, -0.25) is 4.79 Å². The zero-order chi connectivity index (χ0) is 17.1. The first kappa shape index (κ1) is 15.3. The fourth-order valence-corrected chi connectivity index (χ4v) is 3.65. The number of aromatic nitrogens is 1. The third-order valence-corrected chi connectivity index (χ3v) is 5.17. The number of fused-ring (bicyclic) bond motifs is 2. The molecule has 1 saturated heterocycles. The zero-order valence-corrected chi connectivity index (χ0v) is 13.7. The van der Waals surface area contributed by atoms with Gasteiger partial charge in [0, 0.05) is 44.4 Å². The molecule has 1 amide bonds. The van der Waals surface area contributed by atoms with Gasteiger partial charge in [-0.1, -0.05) is 18.2 Å². The number of anilines is 1. The van der Waals surface area contributed by atoms with Crippen molar-refractivity contribution in [3.63, 3.8) is 0 Å². The Labute approximate surface area is 139 Å². The molecule has 1 saturated carbocycles. The van der Waals surface area contributed by atoms with Crippen molar-refractivity contribution in [1.82, 2.24) is 9.88 Å². The van der Waals surface area contributed by atoms with Crippen LogP contribution in [0.25, 0.3) is 10.9 Å².